The lowest BCUT2D eigenvalue weighted by atomic mass is 9.86. The van der Waals surface area contributed by atoms with E-state index in [-0.39, 0.29) is 29.9 Å². The molecule has 0 aliphatic carbocycles. The molecule has 2 aromatic rings. The number of hydrogen-bond donors (Lipinski definition) is 2. The van der Waals surface area contributed by atoms with E-state index in [2.05, 4.69) is 30.6 Å². The molecule has 0 bridgehead atoms. The van der Waals surface area contributed by atoms with Gasteiger partial charge in [-0.15, -0.1) is 0 Å². The van der Waals surface area contributed by atoms with Gasteiger partial charge in [-0.05, 0) is 41.3 Å². The minimum absolute atomic E-state index is 0.0752. The Balaban J connectivity index is 1.72. The van der Waals surface area contributed by atoms with Crippen molar-refractivity contribution in [3.8, 4) is 11.8 Å². The van der Waals surface area contributed by atoms with Crippen molar-refractivity contribution < 1.29 is 14.3 Å². The van der Waals surface area contributed by atoms with E-state index in [0.29, 0.717) is 28.0 Å². The lowest BCUT2D eigenvalue weighted by molar-refractivity contribution is -0.121. The Bertz CT molecular complexity index is 1020. The Morgan fingerprint density at radius 1 is 1.23 bits per heavy atom. The summed E-state index contributed by atoms with van der Waals surface area (Å²) >= 11 is 1.16. The number of allylic oxidation sites excluding steroid dienone is 1. The molecule has 1 aliphatic heterocycles. The highest BCUT2D eigenvalue weighted by atomic mass is 32.2. The Labute approximate surface area is 186 Å². The highest BCUT2D eigenvalue weighted by Crippen LogP contribution is 2.36. The summed E-state index contributed by atoms with van der Waals surface area (Å²) < 4.78 is 5.11. The lowest BCUT2D eigenvalue weighted by Gasteiger charge is -2.25. The number of carbonyl (C=O) groups is 2. The fourth-order valence-electron chi connectivity index (χ4n) is 3.34. The molecule has 2 N–H and O–H groups in total. The van der Waals surface area contributed by atoms with E-state index >= 15 is 0 Å². The van der Waals surface area contributed by atoms with Gasteiger partial charge in [-0.3, -0.25) is 9.59 Å². The average molecular weight is 436 g/mol. The molecule has 2 aromatic carbocycles. The topological polar surface area (TPSA) is 91.2 Å². The Morgan fingerprint density at radius 2 is 1.90 bits per heavy atom. The fourth-order valence-corrected chi connectivity index (χ4v) is 4.22. The first-order chi connectivity index (χ1) is 14.9. The van der Waals surface area contributed by atoms with E-state index in [1.54, 1.807) is 31.4 Å². The molecule has 0 radical (unpaired) electrons. The first kappa shape index (κ1) is 22.4. The highest BCUT2D eigenvalue weighted by Gasteiger charge is 2.29. The van der Waals surface area contributed by atoms with Crippen LogP contribution in [0.15, 0.2) is 59.1 Å². The zero-order chi connectivity index (χ0) is 22.4. The third kappa shape index (κ3) is 5.68. The maximum absolute atomic E-state index is 12.4. The first-order valence-corrected chi connectivity index (χ1v) is 11.0. The highest BCUT2D eigenvalue weighted by molar-refractivity contribution is 8.03. The SMILES string of the molecule is COc1ccc(NC(=O)CSC2=C(C#N)[C@H](c3ccc(C(C)C)cc3)CC(=O)N2)cc1. The maximum Gasteiger partial charge on any atom is 0.234 e. The zero-order valence-electron chi connectivity index (χ0n) is 17.8. The van der Waals surface area contributed by atoms with Crippen LogP contribution in [0.2, 0.25) is 0 Å². The summed E-state index contributed by atoms with van der Waals surface area (Å²) in [4.78, 5) is 24.7. The molecule has 31 heavy (non-hydrogen) atoms. The van der Waals surface area contributed by atoms with Crippen LogP contribution in [0, 0.1) is 11.3 Å². The van der Waals surface area contributed by atoms with E-state index in [0.717, 1.165) is 17.3 Å². The van der Waals surface area contributed by atoms with Gasteiger partial charge in [0, 0.05) is 18.0 Å². The van der Waals surface area contributed by atoms with Crippen LogP contribution in [0.4, 0.5) is 5.69 Å². The number of methoxy groups -OCH3 is 1. The van der Waals surface area contributed by atoms with Crippen LogP contribution in [0.5, 0.6) is 5.75 Å². The molecule has 0 aromatic heterocycles. The van der Waals surface area contributed by atoms with Crippen LogP contribution in [-0.4, -0.2) is 24.7 Å². The maximum atomic E-state index is 12.4. The molecular weight excluding hydrogens is 410 g/mol. The number of nitrogens with one attached hydrogen (secondary N) is 2. The minimum Gasteiger partial charge on any atom is -0.497 e. The van der Waals surface area contributed by atoms with E-state index in [4.69, 9.17) is 4.74 Å². The normalized spacial score (nSPS) is 16.0. The standard InChI is InChI=1S/C24H25N3O3S/c1-15(2)16-4-6-17(7-5-16)20-12-22(28)27-24(21(20)13-25)31-14-23(29)26-18-8-10-19(30-3)11-9-18/h4-11,15,20H,12,14H2,1-3H3,(H,26,29)(H,27,28)/t20-/m0/s1. The second-order valence-corrected chi connectivity index (χ2v) is 8.53. The zero-order valence-corrected chi connectivity index (χ0v) is 18.6. The van der Waals surface area contributed by atoms with Gasteiger partial charge >= 0.3 is 0 Å². The number of carbonyl (C=O) groups excluding carboxylic acids is 2. The Hall–Kier alpha value is -3.24. The lowest BCUT2D eigenvalue weighted by Crippen LogP contribution is -2.31. The summed E-state index contributed by atoms with van der Waals surface area (Å²) in [6.45, 7) is 4.24. The van der Waals surface area contributed by atoms with Crippen LogP contribution in [0.1, 0.15) is 43.2 Å². The van der Waals surface area contributed by atoms with Crippen molar-refractivity contribution >= 4 is 29.3 Å². The van der Waals surface area contributed by atoms with E-state index < -0.39 is 0 Å². The van der Waals surface area contributed by atoms with Crippen LogP contribution in [-0.2, 0) is 9.59 Å². The smallest absolute Gasteiger partial charge is 0.234 e. The number of nitriles is 1. The molecule has 1 heterocycles. The number of amides is 2. The second kappa shape index (κ2) is 10.2. The van der Waals surface area contributed by atoms with E-state index in [1.165, 1.54) is 5.56 Å². The monoisotopic (exact) mass is 435 g/mol. The van der Waals surface area contributed by atoms with Gasteiger partial charge in [0.25, 0.3) is 0 Å². The van der Waals surface area contributed by atoms with Crippen molar-refractivity contribution in [1.82, 2.24) is 5.32 Å². The van der Waals surface area contributed by atoms with Crippen LogP contribution < -0.4 is 15.4 Å². The van der Waals surface area contributed by atoms with Crippen molar-refractivity contribution in [3.05, 3.63) is 70.3 Å². The van der Waals surface area contributed by atoms with Crippen LogP contribution in [0.3, 0.4) is 0 Å². The van der Waals surface area contributed by atoms with Crippen LogP contribution in [0.25, 0.3) is 0 Å². The predicted octanol–water partition coefficient (Wildman–Crippen LogP) is 4.53. The summed E-state index contributed by atoms with van der Waals surface area (Å²) in [5.74, 6) is 0.490. The summed E-state index contributed by atoms with van der Waals surface area (Å²) in [6.07, 6.45) is 0.214. The minimum atomic E-state index is -0.313. The Morgan fingerprint density at radius 3 is 2.48 bits per heavy atom. The van der Waals surface area contributed by atoms with Crippen molar-refractivity contribution in [2.75, 3.05) is 18.2 Å². The van der Waals surface area contributed by atoms with Gasteiger partial charge in [0.05, 0.1) is 29.5 Å². The van der Waals surface area contributed by atoms with Gasteiger partial charge in [0.2, 0.25) is 11.8 Å². The number of benzene rings is 2. The molecule has 0 unspecified atom stereocenters. The van der Waals surface area contributed by atoms with E-state index in [9.17, 15) is 14.9 Å². The molecule has 160 valence electrons. The molecule has 3 rings (SSSR count). The largest absolute Gasteiger partial charge is 0.497 e. The molecule has 0 spiro atoms. The molecule has 0 fully saturated rings. The molecule has 6 nitrogen and oxygen atoms in total. The van der Waals surface area contributed by atoms with Crippen molar-refractivity contribution in [2.24, 2.45) is 0 Å². The van der Waals surface area contributed by atoms with Gasteiger partial charge < -0.3 is 15.4 Å². The number of nitrogens with zero attached hydrogens (tertiary/aromatic N) is 1. The van der Waals surface area contributed by atoms with Gasteiger partial charge in [0.1, 0.15) is 5.75 Å². The Kier molecular flexibility index (Phi) is 7.37. The van der Waals surface area contributed by atoms with Gasteiger partial charge in [-0.1, -0.05) is 49.9 Å². The van der Waals surface area contributed by atoms with Crippen LogP contribution >= 0.6 is 11.8 Å². The summed E-state index contributed by atoms with van der Waals surface area (Å²) in [7, 11) is 1.58. The third-order valence-corrected chi connectivity index (χ3v) is 6.10. The number of rotatable bonds is 7. The molecule has 1 aliphatic rings. The fraction of sp³-hybridized carbons (Fsp3) is 0.292. The van der Waals surface area contributed by atoms with Gasteiger partial charge in [-0.2, -0.15) is 5.26 Å². The molecule has 0 saturated heterocycles. The number of anilines is 1. The third-order valence-electron chi connectivity index (χ3n) is 5.08. The summed E-state index contributed by atoms with van der Waals surface area (Å²) in [6, 6.07) is 17.3. The molecule has 7 heteroatoms. The number of ether oxygens (including phenoxy) is 1. The molecular formula is C24H25N3O3S. The summed E-state index contributed by atoms with van der Waals surface area (Å²) in [5.41, 5.74) is 3.27. The van der Waals surface area contributed by atoms with Crippen molar-refractivity contribution in [1.29, 1.82) is 5.26 Å². The predicted molar refractivity (Wildman–Crippen MR) is 123 cm³/mol. The number of hydrogen-bond acceptors (Lipinski definition) is 5. The average Bonchev–Trinajstić information content (AvgIpc) is 2.78. The first-order valence-electron chi connectivity index (χ1n) is 10.0. The molecule has 2 amide bonds. The molecule has 1 atom stereocenters. The van der Waals surface area contributed by atoms with Crippen molar-refractivity contribution in [2.45, 2.75) is 32.1 Å². The van der Waals surface area contributed by atoms with Gasteiger partial charge in [-0.25, -0.2) is 0 Å². The summed E-state index contributed by atoms with van der Waals surface area (Å²) in [5, 5.41) is 15.8. The quantitative estimate of drug-likeness (QED) is 0.667. The van der Waals surface area contributed by atoms with Gasteiger partial charge in [0.15, 0.2) is 0 Å². The second-order valence-electron chi connectivity index (χ2n) is 7.55. The van der Waals surface area contributed by atoms with Crippen molar-refractivity contribution in [3.63, 3.8) is 0 Å². The number of thioether (sulfide) groups is 1. The molecule has 0 saturated carbocycles. The van der Waals surface area contributed by atoms with E-state index in [1.807, 2.05) is 24.3 Å².